The average molecular weight is 436 g/mol. The summed E-state index contributed by atoms with van der Waals surface area (Å²) in [6, 6.07) is 9.74. The lowest BCUT2D eigenvalue weighted by atomic mass is 10.2. The van der Waals surface area contributed by atoms with Gasteiger partial charge in [0.15, 0.2) is 6.61 Å². The van der Waals surface area contributed by atoms with E-state index in [1.165, 1.54) is 24.1 Å². The van der Waals surface area contributed by atoms with Crippen molar-refractivity contribution in [2.24, 2.45) is 0 Å². The van der Waals surface area contributed by atoms with Gasteiger partial charge in [-0.15, -0.1) is 0 Å². The van der Waals surface area contributed by atoms with E-state index >= 15 is 0 Å². The molecule has 8 nitrogen and oxygen atoms in total. The third kappa shape index (κ3) is 5.04. The van der Waals surface area contributed by atoms with Gasteiger partial charge in [-0.2, -0.15) is 0 Å². The molecule has 1 heterocycles. The number of hydrogen-bond donors (Lipinski definition) is 1. The zero-order chi connectivity index (χ0) is 21.0. The first-order valence-electron chi connectivity index (χ1n) is 8.31. The quantitative estimate of drug-likeness (QED) is 0.615. The Morgan fingerprint density at radius 1 is 1.14 bits per heavy atom. The molecule has 0 aliphatic carbocycles. The predicted octanol–water partition coefficient (Wildman–Crippen LogP) is 3.47. The number of benzene rings is 2. The molecule has 0 bridgehead atoms. The Morgan fingerprint density at radius 3 is 2.66 bits per heavy atom. The van der Waals surface area contributed by atoms with Crippen LogP contribution >= 0.6 is 23.2 Å². The van der Waals surface area contributed by atoms with Crippen LogP contribution in [0.4, 0.5) is 10.5 Å². The van der Waals surface area contributed by atoms with E-state index in [2.05, 4.69) is 15.0 Å². The lowest BCUT2D eigenvalue weighted by Crippen LogP contribution is -2.22. The Kier molecular flexibility index (Phi) is 6.36. The molecular weight excluding hydrogens is 421 g/mol. The van der Waals surface area contributed by atoms with Crippen molar-refractivity contribution in [2.75, 3.05) is 19.0 Å². The number of carbonyl (C=O) groups excluding carboxylic acids is 2. The van der Waals surface area contributed by atoms with Gasteiger partial charge in [-0.1, -0.05) is 29.3 Å². The fourth-order valence-corrected chi connectivity index (χ4v) is 2.84. The van der Waals surface area contributed by atoms with Crippen molar-refractivity contribution in [1.82, 2.24) is 9.55 Å². The van der Waals surface area contributed by atoms with Gasteiger partial charge < -0.3 is 9.47 Å². The fraction of sp³-hybridized carbons (Fsp3) is 0.158. The smallest absolute Gasteiger partial charge is 0.412 e. The van der Waals surface area contributed by atoms with Crippen LogP contribution in [0, 0.1) is 0 Å². The van der Waals surface area contributed by atoms with Gasteiger partial charge in [0.1, 0.15) is 0 Å². The molecule has 29 heavy (non-hydrogen) atoms. The van der Waals surface area contributed by atoms with E-state index in [1.807, 2.05) is 0 Å². The number of aromatic nitrogens is 2. The van der Waals surface area contributed by atoms with Gasteiger partial charge in [-0.3, -0.25) is 14.7 Å². The van der Waals surface area contributed by atoms with E-state index in [0.717, 1.165) is 5.56 Å². The largest absolute Gasteiger partial charge is 0.466 e. The molecule has 0 saturated carbocycles. The normalized spacial score (nSPS) is 10.6. The lowest BCUT2D eigenvalue weighted by Gasteiger charge is -2.09. The molecule has 3 aromatic rings. The van der Waals surface area contributed by atoms with Gasteiger partial charge in [0, 0.05) is 5.69 Å². The number of halogens is 2. The van der Waals surface area contributed by atoms with E-state index < -0.39 is 18.7 Å². The molecule has 2 aromatic carbocycles. The Hall–Kier alpha value is -3.10. The van der Waals surface area contributed by atoms with Crippen LogP contribution in [0.15, 0.2) is 47.5 Å². The maximum Gasteiger partial charge on any atom is 0.412 e. The lowest BCUT2D eigenvalue weighted by molar-refractivity contribution is -0.143. The summed E-state index contributed by atoms with van der Waals surface area (Å²) < 4.78 is 10.5. The van der Waals surface area contributed by atoms with Crippen LogP contribution in [0.2, 0.25) is 10.0 Å². The van der Waals surface area contributed by atoms with Gasteiger partial charge in [-0.25, -0.2) is 14.6 Å². The SMILES string of the molecule is COC(=O)COC(=O)Nc1ccc2ncn(Cc3ccc(Cl)c(Cl)c3)c(=O)c2c1. The zero-order valence-electron chi connectivity index (χ0n) is 15.1. The molecule has 0 unspecified atom stereocenters. The predicted molar refractivity (Wildman–Crippen MR) is 109 cm³/mol. The van der Waals surface area contributed by atoms with Crippen molar-refractivity contribution < 1.29 is 19.1 Å². The van der Waals surface area contributed by atoms with Crippen molar-refractivity contribution in [3.05, 3.63) is 68.7 Å². The minimum absolute atomic E-state index is 0.248. The first-order valence-corrected chi connectivity index (χ1v) is 9.06. The number of anilines is 1. The maximum absolute atomic E-state index is 12.8. The number of methoxy groups -OCH3 is 1. The van der Waals surface area contributed by atoms with Crippen LogP contribution in [-0.4, -0.2) is 35.3 Å². The first-order chi connectivity index (χ1) is 13.9. The molecule has 10 heteroatoms. The second kappa shape index (κ2) is 8.93. The number of esters is 1. The second-order valence-electron chi connectivity index (χ2n) is 5.94. The Labute approximate surface area is 175 Å². The minimum Gasteiger partial charge on any atom is -0.466 e. The maximum atomic E-state index is 12.8. The summed E-state index contributed by atoms with van der Waals surface area (Å²) in [5.74, 6) is -0.687. The highest BCUT2D eigenvalue weighted by Gasteiger charge is 2.10. The van der Waals surface area contributed by atoms with E-state index in [0.29, 0.717) is 26.6 Å². The molecule has 0 fully saturated rings. The number of hydrogen-bond acceptors (Lipinski definition) is 6. The summed E-state index contributed by atoms with van der Waals surface area (Å²) in [4.78, 5) is 39.9. The van der Waals surface area contributed by atoms with Crippen LogP contribution in [0.5, 0.6) is 0 Å². The van der Waals surface area contributed by atoms with Gasteiger partial charge in [-0.05, 0) is 35.9 Å². The molecule has 0 aliphatic rings. The van der Waals surface area contributed by atoms with Crippen LogP contribution < -0.4 is 10.9 Å². The highest BCUT2D eigenvalue weighted by atomic mass is 35.5. The summed E-state index contributed by atoms with van der Waals surface area (Å²) in [5, 5.41) is 3.57. The Balaban J connectivity index is 1.83. The molecule has 0 radical (unpaired) electrons. The number of amides is 1. The molecule has 0 aliphatic heterocycles. The molecular formula is C19H15Cl2N3O5. The van der Waals surface area contributed by atoms with Crippen LogP contribution in [0.25, 0.3) is 10.9 Å². The van der Waals surface area contributed by atoms with Crippen molar-refractivity contribution in [2.45, 2.75) is 6.54 Å². The van der Waals surface area contributed by atoms with Gasteiger partial charge in [0.25, 0.3) is 5.56 Å². The molecule has 1 amide bonds. The van der Waals surface area contributed by atoms with E-state index in [4.69, 9.17) is 27.9 Å². The Bertz CT molecular complexity index is 1150. The average Bonchev–Trinajstić information content (AvgIpc) is 2.71. The number of fused-ring (bicyclic) bond motifs is 1. The highest BCUT2D eigenvalue weighted by molar-refractivity contribution is 6.42. The van der Waals surface area contributed by atoms with Crippen molar-refractivity contribution >= 4 is 51.9 Å². The van der Waals surface area contributed by atoms with Gasteiger partial charge >= 0.3 is 12.1 Å². The summed E-state index contributed by atoms with van der Waals surface area (Å²) in [6.07, 6.45) is 0.583. The topological polar surface area (TPSA) is 99.5 Å². The molecule has 150 valence electrons. The second-order valence-corrected chi connectivity index (χ2v) is 6.75. The highest BCUT2D eigenvalue weighted by Crippen LogP contribution is 2.23. The van der Waals surface area contributed by atoms with Crippen LogP contribution in [0.3, 0.4) is 0 Å². The molecule has 0 spiro atoms. The summed E-state index contributed by atoms with van der Waals surface area (Å²) in [6.45, 7) is -0.272. The van der Waals surface area contributed by atoms with Gasteiger partial charge in [0.05, 0.1) is 40.9 Å². The number of rotatable bonds is 5. The Morgan fingerprint density at radius 2 is 1.93 bits per heavy atom. The molecule has 1 aromatic heterocycles. The third-order valence-electron chi connectivity index (χ3n) is 3.96. The molecule has 0 atom stereocenters. The van der Waals surface area contributed by atoms with E-state index in [-0.39, 0.29) is 12.1 Å². The zero-order valence-corrected chi connectivity index (χ0v) is 16.7. The standard InChI is InChI=1S/C19H15Cl2N3O5/c1-28-17(25)9-29-19(27)23-12-3-5-16-13(7-12)18(26)24(10-22-16)8-11-2-4-14(20)15(21)6-11/h2-7,10H,8-9H2,1H3,(H,23,27). The number of carbonyl (C=O) groups is 2. The van der Waals surface area contributed by atoms with E-state index in [9.17, 15) is 14.4 Å². The number of ether oxygens (including phenoxy) is 2. The fourth-order valence-electron chi connectivity index (χ4n) is 2.52. The first kappa shape index (κ1) is 20.6. The molecule has 3 rings (SSSR count). The molecule has 0 saturated heterocycles. The van der Waals surface area contributed by atoms with Crippen LogP contribution in [-0.2, 0) is 20.8 Å². The van der Waals surface area contributed by atoms with Crippen molar-refractivity contribution in [1.29, 1.82) is 0 Å². The summed E-state index contributed by atoms with van der Waals surface area (Å²) >= 11 is 11.9. The van der Waals surface area contributed by atoms with Crippen molar-refractivity contribution in [3.8, 4) is 0 Å². The van der Waals surface area contributed by atoms with Crippen LogP contribution in [0.1, 0.15) is 5.56 Å². The number of nitrogens with zero attached hydrogens (tertiary/aromatic N) is 2. The minimum atomic E-state index is -0.852. The summed E-state index contributed by atoms with van der Waals surface area (Å²) in [5.41, 5.74) is 1.27. The summed E-state index contributed by atoms with van der Waals surface area (Å²) in [7, 11) is 1.18. The third-order valence-corrected chi connectivity index (χ3v) is 4.70. The molecule has 1 N–H and O–H groups in total. The van der Waals surface area contributed by atoms with Gasteiger partial charge in [0.2, 0.25) is 0 Å². The van der Waals surface area contributed by atoms with Crippen molar-refractivity contribution in [3.63, 3.8) is 0 Å². The monoisotopic (exact) mass is 435 g/mol. The number of nitrogens with one attached hydrogen (secondary N) is 1. The van der Waals surface area contributed by atoms with E-state index in [1.54, 1.807) is 30.3 Å².